The maximum Gasteiger partial charge on any atom is 0.330 e. The third kappa shape index (κ3) is 2.99. The molecule has 4 nitrogen and oxygen atoms in total. The lowest BCUT2D eigenvalue weighted by Crippen LogP contribution is -2.58. The van der Waals surface area contributed by atoms with Crippen LogP contribution in [0, 0.1) is 45.8 Å². The summed E-state index contributed by atoms with van der Waals surface area (Å²) in [5, 5.41) is 9.14. The molecule has 0 amide bonds. The van der Waals surface area contributed by atoms with Crippen LogP contribution in [0.3, 0.4) is 0 Å². The first-order chi connectivity index (χ1) is 15.8. The fraction of sp³-hybridized carbons (Fsp3) is 0.800. The van der Waals surface area contributed by atoms with Crippen LogP contribution in [0.25, 0.3) is 0 Å². The summed E-state index contributed by atoms with van der Waals surface area (Å²) in [6.07, 6.45) is 10.2. The fourth-order valence-corrected chi connectivity index (χ4v) is 9.76. The van der Waals surface area contributed by atoms with Crippen LogP contribution in [0.4, 0.5) is 0 Å². The molecule has 1 N–H and O–H groups in total. The maximum absolute atomic E-state index is 12.9. The molecule has 0 radical (unpaired) electrons. The monoisotopic (exact) mass is 468 g/mol. The summed E-state index contributed by atoms with van der Waals surface area (Å²) in [7, 11) is 0. The van der Waals surface area contributed by atoms with E-state index in [2.05, 4.69) is 34.6 Å². The molecule has 5 rings (SSSR count). The van der Waals surface area contributed by atoms with Gasteiger partial charge in [0.2, 0.25) is 0 Å². The van der Waals surface area contributed by atoms with Gasteiger partial charge < -0.3 is 9.84 Å². The minimum atomic E-state index is -0.823. The first-order valence-corrected chi connectivity index (χ1v) is 13.6. The van der Waals surface area contributed by atoms with E-state index in [0.29, 0.717) is 53.5 Å². The lowest BCUT2D eigenvalue weighted by molar-refractivity contribution is -0.148. The van der Waals surface area contributed by atoms with Crippen molar-refractivity contribution in [3.63, 3.8) is 0 Å². The molecule has 1 spiro atoms. The van der Waals surface area contributed by atoms with E-state index in [1.807, 2.05) is 6.08 Å². The molecule has 5 fully saturated rings. The number of rotatable bonds is 5. The maximum atomic E-state index is 12.9. The number of carboxylic acid groups (broad SMARTS) is 1. The number of Topliss-reactive ketones (excluding diaryl/α,β-unsaturated/α-hetero) is 1. The van der Waals surface area contributed by atoms with E-state index in [4.69, 9.17) is 16.4 Å². The van der Waals surface area contributed by atoms with Gasteiger partial charge >= 0.3 is 5.97 Å². The molecule has 0 bridgehead atoms. The van der Waals surface area contributed by atoms with Crippen LogP contribution in [0.1, 0.15) is 92.9 Å². The van der Waals surface area contributed by atoms with Crippen molar-refractivity contribution in [1.29, 1.82) is 0 Å². The van der Waals surface area contributed by atoms with E-state index in [0.717, 1.165) is 38.5 Å². The summed E-state index contributed by atoms with van der Waals surface area (Å²) in [5.41, 5.74) is 1.90. The topological polar surface area (TPSA) is 66.9 Å². The van der Waals surface area contributed by atoms with Gasteiger partial charge in [0.05, 0.1) is 6.10 Å². The van der Waals surface area contributed by atoms with Gasteiger partial charge in [0.25, 0.3) is 0 Å². The lowest BCUT2D eigenvalue weighted by Gasteiger charge is -2.57. The smallest absolute Gasteiger partial charge is 0.330 e. The number of ether oxygens (including phenoxy) is 1. The average Bonchev–Trinajstić information content (AvgIpc) is 3.43. The highest BCUT2D eigenvalue weighted by Crippen LogP contribution is 2.80. The van der Waals surface area contributed by atoms with Gasteiger partial charge in [0, 0.05) is 22.8 Å². The highest BCUT2D eigenvalue weighted by Gasteiger charge is 2.83. The van der Waals surface area contributed by atoms with Crippen molar-refractivity contribution in [3.8, 4) is 0 Å². The Balaban J connectivity index is 1.38. The molecular weight excluding hydrogens is 424 g/mol. The fourth-order valence-electron chi connectivity index (χ4n) is 9.76. The summed E-state index contributed by atoms with van der Waals surface area (Å²) >= 11 is 0. The molecule has 4 heteroatoms. The van der Waals surface area contributed by atoms with Gasteiger partial charge in [0.1, 0.15) is 11.4 Å². The SMILES string of the molecule is C=C1[C@@H]([C@H](C)CC/C=C(/C)C(=O)O)CC[C@]2(C)[C@H]1C[C@H]1[C@@]3(C)CCC(=O)C(C)(C)[C@@H]3C[C@@H]3O[C@@]312. The molecule has 0 aromatic carbocycles. The third-order valence-corrected chi connectivity index (χ3v) is 11.9. The highest BCUT2D eigenvalue weighted by atomic mass is 16.6. The number of hydrogen-bond acceptors (Lipinski definition) is 3. The van der Waals surface area contributed by atoms with E-state index < -0.39 is 5.97 Å². The zero-order valence-corrected chi connectivity index (χ0v) is 22.1. The Bertz CT molecular complexity index is 961. The van der Waals surface area contributed by atoms with Crippen LogP contribution in [-0.4, -0.2) is 28.6 Å². The molecule has 9 atom stereocenters. The molecule has 0 unspecified atom stereocenters. The number of carboxylic acids is 1. The van der Waals surface area contributed by atoms with Crippen molar-refractivity contribution in [2.24, 2.45) is 45.8 Å². The average molecular weight is 469 g/mol. The van der Waals surface area contributed by atoms with Crippen molar-refractivity contribution in [1.82, 2.24) is 0 Å². The lowest BCUT2D eigenvalue weighted by atomic mass is 9.45. The van der Waals surface area contributed by atoms with Crippen LogP contribution >= 0.6 is 0 Å². The Morgan fingerprint density at radius 3 is 2.59 bits per heavy atom. The second kappa shape index (κ2) is 7.54. The first kappa shape index (κ1) is 24.3. The summed E-state index contributed by atoms with van der Waals surface area (Å²) in [6.45, 7) is 18.1. The molecule has 5 aliphatic rings. The minimum Gasteiger partial charge on any atom is -0.478 e. The summed E-state index contributed by atoms with van der Waals surface area (Å²) in [5.74, 6) is 2.02. The number of carbonyl (C=O) groups is 2. The molecule has 34 heavy (non-hydrogen) atoms. The van der Waals surface area contributed by atoms with Crippen molar-refractivity contribution in [2.75, 3.05) is 0 Å². The van der Waals surface area contributed by atoms with Gasteiger partial charge in [-0.05, 0) is 86.9 Å². The van der Waals surface area contributed by atoms with Crippen LogP contribution in [-0.2, 0) is 14.3 Å². The van der Waals surface area contributed by atoms with Gasteiger partial charge in [-0.3, -0.25) is 4.79 Å². The standard InChI is InChI=1S/C30H44O4/c1-17(9-8-10-18(2)26(32)33)20-11-14-29(7)21(19(20)3)15-23-28(6)13-12-24(31)27(4,5)22(28)16-25-30(23,29)34-25/h10,17,20-23,25H,3,8-9,11-16H2,1-2,4-7H3,(H,32,33)/b18-10-/t17-,20-,21+,22+,23+,25+,28+,29-,30-/m1/s1. The van der Waals surface area contributed by atoms with Crippen LogP contribution in [0.5, 0.6) is 0 Å². The van der Waals surface area contributed by atoms with Crippen LogP contribution in [0.2, 0.25) is 0 Å². The van der Waals surface area contributed by atoms with Gasteiger partial charge in [0.15, 0.2) is 0 Å². The zero-order valence-electron chi connectivity index (χ0n) is 22.1. The van der Waals surface area contributed by atoms with Gasteiger partial charge in [-0.25, -0.2) is 4.79 Å². The molecule has 1 saturated heterocycles. The summed E-state index contributed by atoms with van der Waals surface area (Å²) in [6, 6.07) is 0. The molecule has 4 saturated carbocycles. The molecule has 188 valence electrons. The Kier molecular flexibility index (Phi) is 5.39. The molecule has 0 aromatic heterocycles. The number of aliphatic carboxylic acids is 1. The van der Waals surface area contributed by atoms with Crippen LogP contribution in [0.15, 0.2) is 23.8 Å². The third-order valence-electron chi connectivity index (χ3n) is 11.9. The largest absolute Gasteiger partial charge is 0.478 e. The number of allylic oxidation sites excluding steroid dienone is 2. The Morgan fingerprint density at radius 2 is 1.91 bits per heavy atom. The Morgan fingerprint density at radius 1 is 1.21 bits per heavy atom. The van der Waals surface area contributed by atoms with Gasteiger partial charge in [-0.15, -0.1) is 0 Å². The quantitative estimate of drug-likeness (QED) is 0.281. The molecule has 1 aliphatic heterocycles. The predicted octanol–water partition coefficient (Wildman–Crippen LogP) is 6.60. The molecular formula is C30H44O4. The van der Waals surface area contributed by atoms with Crippen molar-refractivity contribution < 1.29 is 19.4 Å². The van der Waals surface area contributed by atoms with Gasteiger partial charge in [-0.1, -0.05) is 52.8 Å². The Hall–Kier alpha value is -1.42. The Labute approximate surface area is 205 Å². The normalized spacial score (nSPS) is 47.8. The van der Waals surface area contributed by atoms with Crippen molar-refractivity contribution in [3.05, 3.63) is 23.8 Å². The number of epoxide rings is 1. The molecule has 1 heterocycles. The summed E-state index contributed by atoms with van der Waals surface area (Å²) < 4.78 is 6.79. The van der Waals surface area contributed by atoms with E-state index in [9.17, 15) is 9.59 Å². The van der Waals surface area contributed by atoms with E-state index in [-0.39, 0.29) is 21.8 Å². The first-order valence-electron chi connectivity index (χ1n) is 13.6. The van der Waals surface area contributed by atoms with Crippen molar-refractivity contribution in [2.45, 2.75) is 105 Å². The van der Waals surface area contributed by atoms with E-state index >= 15 is 0 Å². The van der Waals surface area contributed by atoms with E-state index in [1.165, 1.54) is 12.0 Å². The van der Waals surface area contributed by atoms with Gasteiger partial charge in [-0.2, -0.15) is 0 Å². The molecule has 0 aromatic rings. The number of carbonyl (C=O) groups excluding carboxylic acids is 1. The second-order valence-electron chi connectivity index (χ2n) is 13.6. The minimum absolute atomic E-state index is 0.0160. The highest BCUT2D eigenvalue weighted by molar-refractivity contribution is 5.86. The molecule has 4 aliphatic carbocycles. The van der Waals surface area contributed by atoms with Crippen LogP contribution < -0.4 is 0 Å². The van der Waals surface area contributed by atoms with E-state index in [1.54, 1.807) is 6.92 Å². The number of hydrogen-bond donors (Lipinski definition) is 1. The number of ketones is 1. The second-order valence-corrected chi connectivity index (χ2v) is 13.6. The predicted molar refractivity (Wildman–Crippen MR) is 133 cm³/mol. The number of fused-ring (bicyclic) bond motifs is 3. The zero-order chi connectivity index (χ0) is 24.8. The summed E-state index contributed by atoms with van der Waals surface area (Å²) in [4.78, 5) is 24.0. The van der Waals surface area contributed by atoms with Crippen molar-refractivity contribution >= 4 is 11.8 Å².